The number of benzene rings is 2. The van der Waals surface area contributed by atoms with E-state index in [9.17, 15) is 17.6 Å². The maximum Gasteiger partial charge on any atom is 0.262 e. The summed E-state index contributed by atoms with van der Waals surface area (Å²) >= 11 is 1.19. The van der Waals surface area contributed by atoms with E-state index in [2.05, 4.69) is 5.32 Å². The van der Waals surface area contributed by atoms with Gasteiger partial charge in [-0.2, -0.15) is 4.31 Å². The number of nitrogens with zero attached hydrogens (tertiary/aromatic N) is 1. The molecule has 6 nitrogen and oxygen atoms in total. The van der Waals surface area contributed by atoms with Crippen LogP contribution in [0.4, 0.5) is 10.1 Å². The average molecular weight is 447 g/mol. The molecule has 1 aromatic heterocycles. The fourth-order valence-electron chi connectivity index (χ4n) is 3.25. The summed E-state index contributed by atoms with van der Waals surface area (Å²) in [6.45, 7) is 0.317. The number of carbonyl (C=O) groups excluding carboxylic acids is 1. The van der Waals surface area contributed by atoms with Crippen LogP contribution in [-0.2, 0) is 27.8 Å². The fraction of sp³-hybridized carbons (Fsp3) is 0.190. The molecule has 0 saturated heterocycles. The highest BCUT2D eigenvalue weighted by atomic mass is 32.2. The summed E-state index contributed by atoms with van der Waals surface area (Å²) in [5, 5.41) is 4.45. The van der Waals surface area contributed by atoms with Gasteiger partial charge in [0.1, 0.15) is 4.21 Å². The molecule has 30 heavy (non-hydrogen) atoms. The first kappa shape index (κ1) is 20.5. The van der Waals surface area contributed by atoms with Gasteiger partial charge in [0, 0.05) is 18.8 Å². The highest BCUT2D eigenvalue weighted by Gasteiger charge is 2.29. The lowest BCUT2D eigenvalue weighted by Crippen LogP contribution is -2.35. The molecule has 1 amide bonds. The number of carbonyl (C=O) groups is 1. The molecule has 2 aromatic carbocycles. The minimum absolute atomic E-state index is 0.00696. The van der Waals surface area contributed by atoms with E-state index in [1.54, 1.807) is 35.7 Å². The Hall–Kier alpha value is -2.75. The average Bonchev–Trinajstić information content (AvgIpc) is 3.28. The van der Waals surface area contributed by atoms with Gasteiger partial charge in [-0.1, -0.05) is 24.3 Å². The number of anilines is 1. The van der Waals surface area contributed by atoms with Gasteiger partial charge in [-0.15, -0.1) is 11.3 Å². The first-order valence-corrected chi connectivity index (χ1v) is 11.6. The Morgan fingerprint density at radius 2 is 1.97 bits per heavy atom. The molecule has 0 unspecified atom stereocenters. The highest BCUT2D eigenvalue weighted by molar-refractivity contribution is 7.91. The summed E-state index contributed by atoms with van der Waals surface area (Å²) in [7, 11) is -3.53. The van der Waals surface area contributed by atoms with Crippen LogP contribution in [0, 0.1) is 5.82 Å². The third-order valence-corrected chi connectivity index (χ3v) is 7.97. The number of fused-ring (bicyclic) bond motifs is 1. The highest BCUT2D eigenvalue weighted by Crippen LogP contribution is 2.28. The third kappa shape index (κ3) is 4.38. The minimum Gasteiger partial charge on any atom is -0.481 e. The molecule has 1 aliphatic rings. The molecular formula is C21H19FN2O4S2. The summed E-state index contributed by atoms with van der Waals surface area (Å²) in [4.78, 5) is 12.2. The van der Waals surface area contributed by atoms with E-state index < -0.39 is 21.7 Å². The molecule has 9 heteroatoms. The molecule has 0 saturated carbocycles. The molecule has 0 aliphatic carbocycles. The second-order valence-corrected chi connectivity index (χ2v) is 9.88. The van der Waals surface area contributed by atoms with Crippen molar-refractivity contribution in [1.29, 1.82) is 0 Å². The van der Waals surface area contributed by atoms with Crippen molar-refractivity contribution in [3.05, 3.63) is 76.9 Å². The van der Waals surface area contributed by atoms with Crippen molar-refractivity contribution >= 4 is 33.0 Å². The van der Waals surface area contributed by atoms with Crippen LogP contribution in [0.3, 0.4) is 0 Å². The van der Waals surface area contributed by atoms with Crippen LogP contribution in [-0.4, -0.2) is 31.8 Å². The molecule has 3 aromatic rings. The molecule has 0 atom stereocenters. The second-order valence-electron chi connectivity index (χ2n) is 6.77. The van der Waals surface area contributed by atoms with Crippen LogP contribution in [0.5, 0.6) is 5.75 Å². The molecular weight excluding hydrogens is 427 g/mol. The zero-order chi connectivity index (χ0) is 21.1. The van der Waals surface area contributed by atoms with Crippen LogP contribution in [0.1, 0.15) is 11.1 Å². The van der Waals surface area contributed by atoms with E-state index in [0.717, 1.165) is 11.1 Å². The SMILES string of the molecule is O=C(COc1ccccc1F)Nc1ccc2c(c1)CN(S(=O)(=O)c1cccs1)CC2. The Morgan fingerprint density at radius 3 is 2.73 bits per heavy atom. The van der Waals surface area contributed by atoms with Crippen LogP contribution in [0.25, 0.3) is 0 Å². The van der Waals surface area contributed by atoms with E-state index in [1.807, 2.05) is 6.07 Å². The van der Waals surface area contributed by atoms with Gasteiger partial charge in [0.05, 0.1) is 0 Å². The number of sulfonamides is 1. The van der Waals surface area contributed by atoms with Gasteiger partial charge in [0.2, 0.25) is 0 Å². The van der Waals surface area contributed by atoms with Crippen molar-refractivity contribution in [2.45, 2.75) is 17.2 Å². The van der Waals surface area contributed by atoms with Crippen molar-refractivity contribution in [3.8, 4) is 5.75 Å². The number of amides is 1. The Kier molecular flexibility index (Phi) is 5.85. The monoisotopic (exact) mass is 446 g/mol. The van der Waals surface area contributed by atoms with Crippen LogP contribution in [0.15, 0.2) is 64.2 Å². The van der Waals surface area contributed by atoms with Crippen LogP contribution in [0.2, 0.25) is 0 Å². The number of thiophene rings is 1. The number of rotatable bonds is 6. The Morgan fingerprint density at radius 1 is 1.13 bits per heavy atom. The van der Waals surface area contributed by atoms with Crippen molar-refractivity contribution in [3.63, 3.8) is 0 Å². The molecule has 4 rings (SSSR count). The van der Waals surface area contributed by atoms with Crippen LogP contribution >= 0.6 is 11.3 Å². The molecule has 156 valence electrons. The second kappa shape index (κ2) is 8.55. The van der Waals surface area contributed by atoms with Crippen molar-refractivity contribution in [2.24, 2.45) is 0 Å². The maximum absolute atomic E-state index is 13.6. The molecule has 2 heterocycles. The topological polar surface area (TPSA) is 75.7 Å². The maximum atomic E-state index is 13.6. The van der Waals surface area contributed by atoms with Crippen molar-refractivity contribution < 1.29 is 22.3 Å². The Labute approximate surface area is 178 Å². The third-order valence-electron chi connectivity index (χ3n) is 4.75. The number of ether oxygens (including phenoxy) is 1. The van der Waals surface area contributed by atoms with Gasteiger partial charge in [-0.05, 0) is 53.3 Å². The first-order valence-electron chi connectivity index (χ1n) is 9.26. The predicted molar refractivity (Wildman–Crippen MR) is 113 cm³/mol. The van der Waals surface area contributed by atoms with E-state index in [1.165, 1.54) is 33.8 Å². The van der Waals surface area contributed by atoms with E-state index in [-0.39, 0.29) is 18.9 Å². The first-order chi connectivity index (χ1) is 14.4. The standard InChI is InChI=1S/C21H19FN2O4S2/c22-18-4-1-2-5-19(18)28-14-20(25)23-17-8-7-15-9-10-24(13-16(15)12-17)30(26,27)21-6-3-11-29-21/h1-8,11-12H,9-10,13-14H2,(H,23,25). The smallest absolute Gasteiger partial charge is 0.262 e. The number of hydrogen-bond acceptors (Lipinski definition) is 5. The van der Waals surface area contributed by atoms with Crippen molar-refractivity contribution in [2.75, 3.05) is 18.5 Å². The quantitative estimate of drug-likeness (QED) is 0.627. The molecule has 1 N–H and O–H groups in total. The fourth-order valence-corrected chi connectivity index (χ4v) is 5.82. The number of para-hydroxylation sites is 1. The number of halogens is 1. The van der Waals surface area contributed by atoms with Crippen LogP contribution < -0.4 is 10.1 Å². The lowest BCUT2D eigenvalue weighted by atomic mass is 10.0. The Balaban J connectivity index is 1.43. The zero-order valence-corrected chi connectivity index (χ0v) is 17.5. The summed E-state index contributed by atoms with van der Waals surface area (Å²) < 4.78 is 46.1. The number of nitrogens with one attached hydrogen (secondary N) is 1. The summed E-state index contributed by atoms with van der Waals surface area (Å²) in [5.74, 6) is -0.962. The predicted octanol–water partition coefficient (Wildman–Crippen LogP) is 3.65. The lowest BCUT2D eigenvalue weighted by molar-refractivity contribution is -0.118. The normalized spacial score (nSPS) is 14.2. The molecule has 0 radical (unpaired) electrons. The van der Waals surface area contributed by atoms with E-state index in [4.69, 9.17) is 4.74 Å². The lowest BCUT2D eigenvalue weighted by Gasteiger charge is -2.28. The van der Waals surface area contributed by atoms with Gasteiger partial charge in [-0.3, -0.25) is 4.79 Å². The molecule has 1 aliphatic heterocycles. The van der Waals surface area contributed by atoms with E-state index >= 15 is 0 Å². The van der Waals surface area contributed by atoms with Gasteiger partial charge in [0.15, 0.2) is 18.2 Å². The van der Waals surface area contributed by atoms with E-state index in [0.29, 0.717) is 22.9 Å². The van der Waals surface area contributed by atoms with Gasteiger partial charge < -0.3 is 10.1 Å². The zero-order valence-electron chi connectivity index (χ0n) is 15.9. The summed E-state index contributed by atoms with van der Waals surface area (Å²) in [5.41, 5.74) is 2.42. The minimum atomic E-state index is -3.53. The number of hydrogen-bond donors (Lipinski definition) is 1. The van der Waals surface area contributed by atoms with Gasteiger partial charge in [0.25, 0.3) is 15.9 Å². The molecule has 0 bridgehead atoms. The largest absolute Gasteiger partial charge is 0.481 e. The molecule has 0 spiro atoms. The molecule has 0 fully saturated rings. The summed E-state index contributed by atoms with van der Waals surface area (Å²) in [6, 6.07) is 14.6. The van der Waals surface area contributed by atoms with Gasteiger partial charge >= 0.3 is 0 Å². The van der Waals surface area contributed by atoms with Crippen molar-refractivity contribution in [1.82, 2.24) is 4.31 Å². The Bertz CT molecular complexity index is 1160. The summed E-state index contributed by atoms with van der Waals surface area (Å²) in [6.07, 6.45) is 0.602. The van der Waals surface area contributed by atoms with Gasteiger partial charge in [-0.25, -0.2) is 12.8 Å².